The standard InChI is InChI=1S/C26H21Cl2NO5/c1-13-7-8-17(9-14(13)2)29-22(15-5-4-6-18(30)10-15)21(24(32)26(29)33)23(31)16-11-19(27)25(34-3)20(28)12-16/h4-12,22,30-31H,1-3H3/b23-21+. The number of nitrogens with zero attached hydrogens (tertiary/aromatic N) is 1. The minimum absolute atomic E-state index is 0.0429. The molecule has 0 radical (unpaired) electrons. The molecule has 0 bridgehead atoms. The number of ketones is 1. The van der Waals surface area contributed by atoms with Gasteiger partial charge >= 0.3 is 0 Å². The molecule has 1 fully saturated rings. The second-order valence-electron chi connectivity index (χ2n) is 8.01. The summed E-state index contributed by atoms with van der Waals surface area (Å²) in [4.78, 5) is 27.8. The van der Waals surface area contributed by atoms with Crippen molar-refractivity contribution < 1.29 is 24.5 Å². The normalized spacial score (nSPS) is 17.3. The third-order valence-electron chi connectivity index (χ3n) is 5.87. The maximum atomic E-state index is 13.3. The van der Waals surface area contributed by atoms with Gasteiger partial charge in [0.1, 0.15) is 11.5 Å². The van der Waals surface area contributed by atoms with Gasteiger partial charge in [0, 0.05) is 11.3 Å². The fraction of sp³-hybridized carbons (Fsp3) is 0.154. The number of halogens is 2. The minimum atomic E-state index is -0.992. The minimum Gasteiger partial charge on any atom is -0.508 e. The van der Waals surface area contributed by atoms with E-state index in [0.717, 1.165) is 11.1 Å². The maximum absolute atomic E-state index is 13.3. The van der Waals surface area contributed by atoms with Crippen LogP contribution in [0.25, 0.3) is 5.76 Å². The summed E-state index contributed by atoms with van der Waals surface area (Å²) in [5.41, 5.74) is 2.90. The Hall–Kier alpha value is -3.48. The number of carbonyl (C=O) groups is 2. The van der Waals surface area contributed by atoms with Crippen LogP contribution in [0.2, 0.25) is 10.0 Å². The number of amides is 1. The fourth-order valence-electron chi connectivity index (χ4n) is 4.03. The van der Waals surface area contributed by atoms with Crippen molar-refractivity contribution in [3.63, 3.8) is 0 Å². The van der Waals surface area contributed by atoms with Crippen molar-refractivity contribution in [3.05, 3.63) is 92.5 Å². The number of carbonyl (C=O) groups excluding carboxylic acids is 2. The van der Waals surface area contributed by atoms with Crippen molar-refractivity contribution in [2.24, 2.45) is 0 Å². The molecule has 2 N–H and O–H groups in total. The highest BCUT2D eigenvalue weighted by Crippen LogP contribution is 2.44. The number of aryl methyl sites for hydroxylation is 2. The maximum Gasteiger partial charge on any atom is 0.300 e. The third kappa shape index (κ3) is 4.00. The van der Waals surface area contributed by atoms with Crippen LogP contribution >= 0.6 is 23.2 Å². The number of rotatable bonds is 4. The zero-order valence-corrected chi connectivity index (χ0v) is 20.1. The van der Waals surface area contributed by atoms with E-state index in [1.54, 1.807) is 24.3 Å². The number of hydrogen-bond donors (Lipinski definition) is 2. The van der Waals surface area contributed by atoms with Gasteiger partial charge in [0.05, 0.1) is 28.8 Å². The van der Waals surface area contributed by atoms with Gasteiger partial charge in [-0.3, -0.25) is 14.5 Å². The summed E-state index contributed by atoms with van der Waals surface area (Å²) in [6, 6.07) is 13.4. The molecule has 4 rings (SSSR count). The Bertz CT molecular complexity index is 1340. The molecule has 3 aromatic carbocycles. The highest BCUT2D eigenvalue weighted by Gasteiger charge is 2.47. The summed E-state index contributed by atoms with van der Waals surface area (Å²) < 4.78 is 5.15. The Balaban J connectivity index is 1.98. The number of anilines is 1. The van der Waals surface area contributed by atoms with Crippen LogP contribution in [0.3, 0.4) is 0 Å². The molecule has 1 unspecified atom stereocenters. The smallest absolute Gasteiger partial charge is 0.300 e. The molecular formula is C26H21Cl2NO5. The molecule has 174 valence electrons. The topological polar surface area (TPSA) is 87.1 Å². The van der Waals surface area contributed by atoms with Crippen molar-refractivity contribution in [1.29, 1.82) is 0 Å². The van der Waals surface area contributed by atoms with E-state index in [1.165, 1.54) is 36.3 Å². The number of aliphatic hydroxyl groups is 1. The molecular weight excluding hydrogens is 477 g/mol. The van der Waals surface area contributed by atoms with Crippen LogP contribution in [-0.2, 0) is 9.59 Å². The summed E-state index contributed by atoms with van der Waals surface area (Å²) in [5, 5.41) is 21.6. The highest BCUT2D eigenvalue weighted by atomic mass is 35.5. The SMILES string of the molecule is COc1c(Cl)cc(/C(O)=C2\C(=O)C(=O)N(c3ccc(C)c(C)c3)C2c2cccc(O)c2)cc1Cl. The molecule has 3 aromatic rings. The van der Waals surface area contributed by atoms with Crippen molar-refractivity contribution in [3.8, 4) is 11.5 Å². The van der Waals surface area contributed by atoms with Crippen LogP contribution in [-0.4, -0.2) is 29.0 Å². The molecule has 8 heteroatoms. The van der Waals surface area contributed by atoms with Gasteiger partial charge in [0.2, 0.25) is 0 Å². The van der Waals surface area contributed by atoms with Crippen LogP contribution in [0.1, 0.15) is 28.3 Å². The first-order valence-corrected chi connectivity index (χ1v) is 11.1. The zero-order valence-electron chi connectivity index (χ0n) is 18.6. The van der Waals surface area contributed by atoms with E-state index >= 15 is 0 Å². The lowest BCUT2D eigenvalue weighted by atomic mass is 9.94. The van der Waals surface area contributed by atoms with E-state index in [1.807, 2.05) is 19.9 Å². The number of methoxy groups -OCH3 is 1. The Kier molecular flexibility index (Phi) is 6.30. The number of aromatic hydroxyl groups is 1. The first-order valence-electron chi connectivity index (χ1n) is 10.3. The average Bonchev–Trinajstić information content (AvgIpc) is 3.05. The molecule has 1 atom stereocenters. The molecule has 1 heterocycles. The lowest BCUT2D eigenvalue weighted by Crippen LogP contribution is -2.29. The average molecular weight is 498 g/mol. The monoisotopic (exact) mass is 497 g/mol. The molecule has 0 aromatic heterocycles. The molecule has 6 nitrogen and oxygen atoms in total. The van der Waals surface area contributed by atoms with Crippen molar-refractivity contribution in [2.75, 3.05) is 12.0 Å². The van der Waals surface area contributed by atoms with Gasteiger partial charge in [-0.2, -0.15) is 0 Å². The Labute approximate surface area is 206 Å². The number of phenolic OH excluding ortho intramolecular Hbond substituents is 1. The van der Waals surface area contributed by atoms with Crippen LogP contribution < -0.4 is 9.64 Å². The van der Waals surface area contributed by atoms with Gasteiger partial charge in [-0.15, -0.1) is 0 Å². The Morgan fingerprint density at radius 2 is 1.65 bits per heavy atom. The first kappa shape index (κ1) is 23.7. The number of phenols is 1. The number of Topliss-reactive ketones (excluding diaryl/α,β-unsaturated/α-hetero) is 1. The molecule has 0 spiro atoms. The van der Waals surface area contributed by atoms with Crippen molar-refractivity contribution in [1.82, 2.24) is 0 Å². The predicted octanol–water partition coefficient (Wildman–Crippen LogP) is 5.95. The quantitative estimate of drug-likeness (QED) is 0.264. The molecule has 1 aliphatic heterocycles. The second kappa shape index (κ2) is 9.05. The summed E-state index contributed by atoms with van der Waals surface area (Å²) >= 11 is 12.5. The first-order chi connectivity index (χ1) is 16.1. The fourth-order valence-corrected chi connectivity index (χ4v) is 4.67. The molecule has 1 aliphatic rings. The number of aliphatic hydroxyl groups excluding tert-OH is 1. The van der Waals surface area contributed by atoms with E-state index in [2.05, 4.69) is 0 Å². The number of benzene rings is 3. The van der Waals surface area contributed by atoms with Crippen LogP contribution in [0.5, 0.6) is 11.5 Å². The Morgan fingerprint density at radius 3 is 2.24 bits per heavy atom. The summed E-state index contributed by atoms with van der Waals surface area (Å²) in [6.45, 7) is 3.84. The van der Waals surface area contributed by atoms with E-state index in [0.29, 0.717) is 11.3 Å². The van der Waals surface area contributed by atoms with E-state index < -0.39 is 23.5 Å². The predicted molar refractivity (Wildman–Crippen MR) is 132 cm³/mol. The largest absolute Gasteiger partial charge is 0.508 e. The van der Waals surface area contributed by atoms with E-state index in [-0.39, 0.29) is 32.7 Å². The number of ether oxygens (including phenoxy) is 1. The van der Waals surface area contributed by atoms with Gasteiger partial charge in [-0.05, 0) is 66.9 Å². The lowest BCUT2D eigenvalue weighted by molar-refractivity contribution is -0.132. The van der Waals surface area contributed by atoms with Gasteiger partial charge in [0.15, 0.2) is 5.75 Å². The van der Waals surface area contributed by atoms with Crippen LogP contribution in [0.15, 0.2) is 60.2 Å². The van der Waals surface area contributed by atoms with E-state index in [4.69, 9.17) is 27.9 Å². The second-order valence-corrected chi connectivity index (χ2v) is 8.82. The van der Waals surface area contributed by atoms with E-state index in [9.17, 15) is 19.8 Å². The van der Waals surface area contributed by atoms with Crippen molar-refractivity contribution >= 4 is 46.3 Å². The third-order valence-corrected chi connectivity index (χ3v) is 6.44. The summed E-state index contributed by atoms with van der Waals surface area (Å²) in [7, 11) is 1.41. The highest BCUT2D eigenvalue weighted by molar-refractivity contribution is 6.51. The summed E-state index contributed by atoms with van der Waals surface area (Å²) in [6.07, 6.45) is 0. The Morgan fingerprint density at radius 1 is 0.971 bits per heavy atom. The summed E-state index contributed by atoms with van der Waals surface area (Å²) in [5.74, 6) is -1.93. The van der Waals surface area contributed by atoms with Gasteiger partial charge < -0.3 is 14.9 Å². The molecule has 1 saturated heterocycles. The van der Waals surface area contributed by atoms with Gasteiger partial charge in [0.25, 0.3) is 11.7 Å². The molecule has 0 saturated carbocycles. The van der Waals surface area contributed by atoms with Crippen LogP contribution in [0.4, 0.5) is 5.69 Å². The van der Waals surface area contributed by atoms with Crippen LogP contribution in [0, 0.1) is 13.8 Å². The lowest BCUT2D eigenvalue weighted by Gasteiger charge is -2.26. The molecule has 1 amide bonds. The van der Waals surface area contributed by atoms with Crippen molar-refractivity contribution in [2.45, 2.75) is 19.9 Å². The molecule has 34 heavy (non-hydrogen) atoms. The molecule has 0 aliphatic carbocycles. The van der Waals surface area contributed by atoms with Gasteiger partial charge in [-0.1, -0.05) is 41.4 Å². The zero-order chi connectivity index (χ0) is 24.7. The number of hydrogen-bond acceptors (Lipinski definition) is 5. The van der Waals surface area contributed by atoms with Gasteiger partial charge in [-0.25, -0.2) is 0 Å².